The van der Waals surface area contributed by atoms with Gasteiger partial charge in [0.05, 0.1) is 12.7 Å². The number of carboxylic acids is 1. The van der Waals surface area contributed by atoms with Crippen LogP contribution in [0, 0.1) is 0 Å². The van der Waals surface area contributed by atoms with E-state index in [1.165, 1.54) is 32.2 Å². The monoisotopic (exact) mass is 234 g/mol. The number of Topliss-reactive ketones (excluding diaryl/α,β-unsaturated/α-hetero) is 1. The molecule has 0 bridgehead atoms. The Hall–Kier alpha value is -2.30. The van der Waals surface area contributed by atoms with Gasteiger partial charge in [0.15, 0.2) is 22.9 Å². The molecule has 0 atom stereocenters. The van der Waals surface area contributed by atoms with Crippen LogP contribution < -0.4 is 4.74 Å². The molecule has 0 aliphatic rings. The van der Waals surface area contributed by atoms with Gasteiger partial charge in [0.2, 0.25) is 0 Å². The van der Waals surface area contributed by atoms with Crippen molar-refractivity contribution in [3.8, 4) is 5.75 Å². The number of rotatable bonds is 3. The highest BCUT2D eigenvalue weighted by atomic mass is 16.5. The second-order valence-electron chi connectivity index (χ2n) is 3.53. The summed E-state index contributed by atoms with van der Waals surface area (Å²) in [6.07, 6.45) is 0. The van der Waals surface area contributed by atoms with Crippen LogP contribution in [-0.2, 0) is 0 Å². The summed E-state index contributed by atoms with van der Waals surface area (Å²) in [7, 11) is 1.45. The van der Waals surface area contributed by atoms with Gasteiger partial charge in [0.25, 0.3) is 0 Å². The molecule has 0 unspecified atom stereocenters. The van der Waals surface area contributed by atoms with Gasteiger partial charge in [0, 0.05) is 12.3 Å². The van der Waals surface area contributed by atoms with Crippen molar-refractivity contribution in [1.29, 1.82) is 0 Å². The second kappa shape index (κ2) is 3.93. The molecule has 0 saturated carbocycles. The topological polar surface area (TPSA) is 76.7 Å². The molecule has 0 spiro atoms. The van der Waals surface area contributed by atoms with Gasteiger partial charge in [-0.15, -0.1) is 0 Å². The predicted octanol–water partition coefficient (Wildman–Crippen LogP) is 2.34. The Labute approximate surface area is 96.6 Å². The lowest BCUT2D eigenvalue weighted by molar-refractivity contribution is 0.0698. The third kappa shape index (κ3) is 1.75. The number of methoxy groups -OCH3 is 1. The minimum Gasteiger partial charge on any atom is -0.493 e. The van der Waals surface area contributed by atoms with E-state index >= 15 is 0 Å². The van der Waals surface area contributed by atoms with Gasteiger partial charge in [0.1, 0.15) is 0 Å². The molecule has 0 aliphatic carbocycles. The molecular formula is C12H10O5. The van der Waals surface area contributed by atoms with Crippen LogP contribution in [0.2, 0.25) is 0 Å². The fourth-order valence-electron chi connectivity index (χ4n) is 1.62. The van der Waals surface area contributed by atoms with E-state index in [1.54, 1.807) is 0 Å². The van der Waals surface area contributed by atoms with Crippen molar-refractivity contribution < 1.29 is 23.8 Å². The summed E-state index contributed by atoms with van der Waals surface area (Å²) in [5.74, 6) is -0.822. The summed E-state index contributed by atoms with van der Waals surface area (Å²) >= 11 is 0. The molecule has 0 radical (unpaired) electrons. The van der Waals surface area contributed by atoms with Gasteiger partial charge in [-0.05, 0) is 18.2 Å². The molecule has 0 amide bonds. The van der Waals surface area contributed by atoms with Gasteiger partial charge < -0.3 is 14.3 Å². The lowest BCUT2D eigenvalue weighted by atomic mass is 10.1. The molecule has 5 heteroatoms. The number of aromatic carboxylic acids is 1. The van der Waals surface area contributed by atoms with Crippen LogP contribution in [-0.4, -0.2) is 24.0 Å². The molecule has 1 N–H and O–H groups in total. The van der Waals surface area contributed by atoms with E-state index in [2.05, 4.69) is 0 Å². The van der Waals surface area contributed by atoms with E-state index in [-0.39, 0.29) is 22.7 Å². The summed E-state index contributed by atoms with van der Waals surface area (Å²) in [6, 6.07) is 4.34. The van der Waals surface area contributed by atoms with Gasteiger partial charge in [-0.2, -0.15) is 0 Å². The number of hydrogen-bond donors (Lipinski definition) is 1. The number of fused-ring (bicyclic) bond motifs is 1. The third-order valence-corrected chi connectivity index (χ3v) is 2.44. The van der Waals surface area contributed by atoms with E-state index in [0.29, 0.717) is 11.1 Å². The number of ether oxygens (including phenoxy) is 1. The molecule has 0 aliphatic heterocycles. The van der Waals surface area contributed by atoms with Crippen LogP contribution in [0.5, 0.6) is 5.75 Å². The number of carbonyl (C=O) groups excluding carboxylic acids is 1. The Kier molecular flexibility index (Phi) is 2.59. The van der Waals surface area contributed by atoms with E-state index in [1.807, 2.05) is 0 Å². The SMILES string of the molecule is COc1ccc(C(=O)O)c2cc(C(C)=O)oc12. The van der Waals surface area contributed by atoms with Crippen LogP contribution in [0.4, 0.5) is 0 Å². The minimum absolute atomic E-state index is 0.0806. The summed E-state index contributed by atoms with van der Waals surface area (Å²) < 4.78 is 10.4. The molecule has 0 fully saturated rings. The Bertz CT molecular complexity index is 609. The number of ketones is 1. The maximum absolute atomic E-state index is 11.2. The summed E-state index contributed by atoms with van der Waals surface area (Å²) in [6.45, 7) is 1.35. The predicted molar refractivity (Wildman–Crippen MR) is 59.7 cm³/mol. The molecular weight excluding hydrogens is 224 g/mol. The highest BCUT2D eigenvalue weighted by Crippen LogP contribution is 2.31. The first kappa shape index (κ1) is 11.2. The minimum atomic E-state index is -1.08. The number of benzene rings is 1. The first-order valence-electron chi connectivity index (χ1n) is 4.89. The van der Waals surface area contributed by atoms with Gasteiger partial charge >= 0.3 is 5.97 Å². The summed E-state index contributed by atoms with van der Waals surface area (Å²) in [5, 5.41) is 9.39. The Morgan fingerprint density at radius 2 is 2.06 bits per heavy atom. The van der Waals surface area contributed by atoms with Crippen molar-refractivity contribution in [1.82, 2.24) is 0 Å². The zero-order chi connectivity index (χ0) is 12.6. The molecule has 0 saturated heterocycles. The zero-order valence-electron chi connectivity index (χ0n) is 9.31. The summed E-state index contributed by atoms with van der Waals surface area (Å²) in [4.78, 5) is 22.2. The molecule has 2 aromatic rings. The van der Waals surface area contributed by atoms with Crippen LogP contribution in [0.15, 0.2) is 22.6 Å². The Morgan fingerprint density at radius 1 is 1.35 bits per heavy atom. The van der Waals surface area contributed by atoms with Crippen molar-refractivity contribution in [2.24, 2.45) is 0 Å². The van der Waals surface area contributed by atoms with Crippen molar-refractivity contribution >= 4 is 22.7 Å². The lowest BCUT2D eigenvalue weighted by Gasteiger charge is -2.01. The van der Waals surface area contributed by atoms with Crippen molar-refractivity contribution in [2.75, 3.05) is 7.11 Å². The quantitative estimate of drug-likeness (QED) is 0.825. The molecule has 2 rings (SSSR count). The highest BCUT2D eigenvalue weighted by molar-refractivity contribution is 6.06. The average Bonchev–Trinajstić information content (AvgIpc) is 2.71. The Morgan fingerprint density at radius 3 is 2.59 bits per heavy atom. The molecule has 5 nitrogen and oxygen atoms in total. The molecule has 1 aromatic heterocycles. The highest BCUT2D eigenvalue weighted by Gasteiger charge is 2.18. The smallest absolute Gasteiger partial charge is 0.336 e. The van der Waals surface area contributed by atoms with Crippen LogP contribution in [0.3, 0.4) is 0 Å². The number of hydrogen-bond acceptors (Lipinski definition) is 4. The maximum atomic E-state index is 11.2. The van der Waals surface area contributed by atoms with Crippen LogP contribution >= 0.6 is 0 Å². The largest absolute Gasteiger partial charge is 0.493 e. The van der Waals surface area contributed by atoms with E-state index in [0.717, 1.165) is 0 Å². The molecule has 1 aromatic carbocycles. The van der Waals surface area contributed by atoms with Crippen molar-refractivity contribution in [3.63, 3.8) is 0 Å². The normalized spacial score (nSPS) is 10.5. The van der Waals surface area contributed by atoms with E-state index in [9.17, 15) is 9.59 Å². The fourth-order valence-corrected chi connectivity index (χ4v) is 1.62. The van der Waals surface area contributed by atoms with E-state index in [4.69, 9.17) is 14.3 Å². The van der Waals surface area contributed by atoms with Gasteiger partial charge in [-0.3, -0.25) is 4.79 Å². The maximum Gasteiger partial charge on any atom is 0.336 e. The summed E-state index contributed by atoms with van der Waals surface area (Å²) in [5.41, 5.74) is 0.356. The zero-order valence-corrected chi connectivity index (χ0v) is 9.31. The number of furan rings is 1. The average molecular weight is 234 g/mol. The molecule has 88 valence electrons. The van der Waals surface area contributed by atoms with Gasteiger partial charge in [-0.1, -0.05) is 0 Å². The fraction of sp³-hybridized carbons (Fsp3) is 0.167. The number of carboxylic acid groups (broad SMARTS) is 1. The second-order valence-corrected chi connectivity index (χ2v) is 3.53. The van der Waals surface area contributed by atoms with E-state index < -0.39 is 5.97 Å². The first-order valence-corrected chi connectivity index (χ1v) is 4.89. The van der Waals surface area contributed by atoms with Crippen molar-refractivity contribution in [2.45, 2.75) is 6.92 Å². The number of carbonyl (C=O) groups is 2. The first-order chi connectivity index (χ1) is 8.04. The lowest BCUT2D eigenvalue weighted by Crippen LogP contribution is -1.97. The molecule has 17 heavy (non-hydrogen) atoms. The van der Waals surface area contributed by atoms with Crippen LogP contribution in [0.25, 0.3) is 11.0 Å². The van der Waals surface area contributed by atoms with Crippen LogP contribution in [0.1, 0.15) is 27.8 Å². The van der Waals surface area contributed by atoms with Gasteiger partial charge in [-0.25, -0.2) is 4.79 Å². The van der Waals surface area contributed by atoms with Crippen molar-refractivity contribution in [3.05, 3.63) is 29.5 Å². The molecule has 1 heterocycles. The Balaban J connectivity index is 2.81. The standard InChI is InChI=1S/C12H10O5/c1-6(13)10-5-8-7(12(14)15)3-4-9(16-2)11(8)17-10/h3-5H,1-2H3,(H,14,15). The third-order valence-electron chi connectivity index (χ3n) is 2.44.